The molecule has 5 nitrogen and oxygen atoms in total. The average molecular weight is 248 g/mol. The predicted octanol–water partition coefficient (Wildman–Crippen LogP) is 0.966. The summed E-state index contributed by atoms with van der Waals surface area (Å²) in [5.74, 6) is 1.39. The van der Waals surface area contributed by atoms with Gasteiger partial charge in [-0.2, -0.15) is 0 Å². The van der Waals surface area contributed by atoms with E-state index in [2.05, 4.69) is 20.6 Å². The molecule has 3 heterocycles. The second-order valence-corrected chi connectivity index (χ2v) is 5.30. The first-order valence-corrected chi connectivity index (χ1v) is 6.66. The molecule has 1 atom stereocenters. The average Bonchev–Trinajstić information content (AvgIpc) is 2.75. The minimum absolute atomic E-state index is 0.135. The van der Waals surface area contributed by atoms with Crippen molar-refractivity contribution in [3.05, 3.63) is 18.0 Å². The van der Waals surface area contributed by atoms with Crippen LogP contribution in [-0.4, -0.2) is 41.8 Å². The van der Waals surface area contributed by atoms with Crippen LogP contribution in [0.15, 0.2) is 12.4 Å². The number of aromatic nitrogens is 2. The van der Waals surface area contributed by atoms with E-state index in [1.54, 1.807) is 0 Å². The maximum atomic E-state index is 5.89. The molecule has 2 aliphatic rings. The Morgan fingerprint density at radius 1 is 1.44 bits per heavy atom. The molecule has 2 fully saturated rings. The minimum Gasteiger partial charge on any atom is -0.372 e. The van der Waals surface area contributed by atoms with Gasteiger partial charge >= 0.3 is 0 Å². The zero-order chi connectivity index (χ0) is 12.4. The lowest BCUT2D eigenvalue weighted by molar-refractivity contribution is -0.0621. The number of ether oxygens (including phenoxy) is 1. The lowest BCUT2D eigenvalue weighted by atomic mass is 9.80. The van der Waals surface area contributed by atoms with Crippen molar-refractivity contribution in [2.45, 2.75) is 25.4 Å². The van der Waals surface area contributed by atoms with Gasteiger partial charge in [0.1, 0.15) is 0 Å². The van der Waals surface area contributed by atoms with Crippen molar-refractivity contribution in [2.75, 3.05) is 31.6 Å². The molecular formula is C13H20N4O. The first-order valence-electron chi connectivity index (χ1n) is 6.66. The van der Waals surface area contributed by atoms with E-state index in [9.17, 15) is 0 Å². The van der Waals surface area contributed by atoms with Gasteiger partial charge in [0.2, 0.25) is 5.95 Å². The summed E-state index contributed by atoms with van der Waals surface area (Å²) >= 11 is 0. The van der Waals surface area contributed by atoms with Gasteiger partial charge in [-0.1, -0.05) is 0 Å². The number of hydrogen-bond acceptors (Lipinski definition) is 5. The van der Waals surface area contributed by atoms with E-state index in [1.807, 2.05) is 19.3 Å². The molecule has 1 aromatic rings. The normalized spacial score (nSPS) is 25.1. The molecule has 2 N–H and O–H groups in total. The summed E-state index contributed by atoms with van der Waals surface area (Å²) in [5, 5.41) is 6.60. The molecule has 3 rings (SSSR count). The van der Waals surface area contributed by atoms with E-state index in [0.29, 0.717) is 5.92 Å². The number of hydrogen-bond donors (Lipinski definition) is 2. The summed E-state index contributed by atoms with van der Waals surface area (Å²) in [6, 6.07) is 0. The van der Waals surface area contributed by atoms with Crippen LogP contribution in [-0.2, 0) is 4.74 Å². The number of anilines is 1. The molecule has 0 aliphatic carbocycles. The molecule has 1 spiro atoms. The van der Waals surface area contributed by atoms with E-state index >= 15 is 0 Å². The van der Waals surface area contributed by atoms with Crippen LogP contribution in [0, 0.1) is 12.8 Å². The Morgan fingerprint density at radius 3 is 2.89 bits per heavy atom. The fourth-order valence-corrected chi connectivity index (χ4v) is 2.80. The van der Waals surface area contributed by atoms with Gasteiger partial charge < -0.3 is 15.4 Å². The van der Waals surface area contributed by atoms with E-state index in [4.69, 9.17) is 4.74 Å². The first kappa shape index (κ1) is 11.9. The zero-order valence-electron chi connectivity index (χ0n) is 10.8. The van der Waals surface area contributed by atoms with Crippen molar-refractivity contribution in [1.29, 1.82) is 0 Å². The second-order valence-electron chi connectivity index (χ2n) is 5.30. The van der Waals surface area contributed by atoms with Crippen LogP contribution in [0.4, 0.5) is 5.95 Å². The Bertz CT molecular complexity index is 402. The van der Waals surface area contributed by atoms with Crippen LogP contribution in [0.5, 0.6) is 0 Å². The molecule has 0 saturated carbocycles. The van der Waals surface area contributed by atoms with Gasteiger partial charge in [-0.05, 0) is 31.2 Å². The summed E-state index contributed by atoms with van der Waals surface area (Å²) in [6.45, 7) is 5.84. The van der Waals surface area contributed by atoms with Crippen LogP contribution in [0.3, 0.4) is 0 Å². The van der Waals surface area contributed by atoms with Crippen LogP contribution < -0.4 is 10.6 Å². The monoisotopic (exact) mass is 248 g/mol. The first-order chi connectivity index (χ1) is 8.78. The van der Waals surface area contributed by atoms with Crippen molar-refractivity contribution >= 4 is 5.95 Å². The Balaban J connectivity index is 1.48. The number of nitrogens with zero attached hydrogens (tertiary/aromatic N) is 2. The summed E-state index contributed by atoms with van der Waals surface area (Å²) < 4.78 is 5.89. The highest BCUT2D eigenvalue weighted by Crippen LogP contribution is 2.37. The summed E-state index contributed by atoms with van der Waals surface area (Å²) in [6.07, 6.45) is 5.98. The second kappa shape index (κ2) is 4.82. The Kier molecular flexibility index (Phi) is 3.18. The lowest BCUT2D eigenvalue weighted by Gasteiger charge is -2.43. The largest absolute Gasteiger partial charge is 0.372 e. The van der Waals surface area contributed by atoms with Gasteiger partial charge in [-0.25, -0.2) is 9.97 Å². The van der Waals surface area contributed by atoms with Crippen LogP contribution in [0.25, 0.3) is 0 Å². The highest BCUT2D eigenvalue weighted by atomic mass is 16.5. The van der Waals surface area contributed by atoms with E-state index < -0.39 is 0 Å². The summed E-state index contributed by atoms with van der Waals surface area (Å²) in [7, 11) is 0. The third-order valence-electron chi connectivity index (χ3n) is 4.01. The molecule has 2 saturated heterocycles. The standard InChI is InChI=1S/C13H20N4O/c1-10-6-16-12(17-7-10)15-4-2-11-3-5-18-13(11)8-14-9-13/h6-7,11,14H,2-5,8-9H2,1H3,(H,15,16,17)/t11-/m1/s1. The van der Waals surface area contributed by atoms with Crippen LogP contribution in [0.2, 0.25) is 0 Å². The van der Waals surface area contributed by atoms with Crippen molar-refractivity contribution < 1.29 is 4.74 Å². The number of aryl methyl sites for hydroxylation is 1. The molecule has 0 unspecified atom stereocenters. The fraction of sp³-hybridized carbons (Fsp3) is 0.692. The Labute approximate surface area is 107 Å². The van der Waals surface area contributed by atoms with E-state index in [1.165, 1.54) is 6.42 Å². The Hall–Kier alpha value is -1.20. The topological polar surface area (TPSA) is 59.1 Å². The molecule has 5 heteroatoms. The fourth-order valence-electron chi connectivity index (χ4n) is 2.80. The van der Waals surface area contributed by atoms with Crippen molar-refractivity contribution in [1.82, 2.24) is 15.3 Å². The number of nitrogens with one attached hydrogen (secondary N) is 2. The molecule has 98 valence electrons. The van der Waals surface area contributed by atoms with Gasteiger partial charge in [0, 0.05) is 38.6 Å². The summed E-state index contributed by atoms with van der Waals surface area (Å²) in [4.78, 5) is 8.49. The molecule has 0 aromatic carbocycles. The molecule has 0 radical (unpaired) electrons. The van der Waals surface area contributed by atoms with Gasteiger partial charge in [0.15, 0.2) is 0 Å². The lowest BCUT2D eigenvalue weighted by Crippen LogP contribution is -2.62. The maximum Gasteiger partial charge on any atom is 0.222 e. The van der Waals surface area contributed by atoms with Crippen molar-refractivity contribution in [3.8, 4) is 0 Å². The quantitative estimate of drug-likeness (QED) is 0.831. The summed E-state index contributed by atoms with van der Waals surface area (Å²) in [5.41, 5.74) is 1.22. The van der Waals surface area contributed by atoms with Crippen LogP contribution >= 0.6 is 0 Å². The molecule has 0 bridgehead atoms. The number of rotatable bonds is 4. The third kappa shape index (κ3) is 2.20. The van der Waals surface area contributed by atoms with Gasteiger partial charge in [-0.3, -0.25) is 0 Å². The van der Waals surface area contributed by atoms with E-state index in [0.717, 1.165) is 44.2 Å². The zero-order valence-corrected chi connectivity index (χ0v) is 10.8. The van der Waals surface area contributed by atoms with Crippen molar-refractivity contribution in [2.24, 2.45) is 5.92 Å². The molecule has 2 aliphatic heterocycles. The Morgan fingerprint density at radius 2 is 2.22 bits per heavy atom. The van der Waals surface area contributed by atoms with Gasteiger partial charge in [0.25, 0.3) is 0 Å². The predicted molar refractivity (Wildman–Crippen MR) is 69.5 cm³/mol. The minimum atomic E-state index is 0.135. The van der Waals surface area contributed by atoms with Crippen LogP contribution in [0.1, 0.15) is 18.4 Å². The molecule has 0 amide bonds. The van der Waals surface area contributed by atoms with E-state index in [-0.39, 0.29) is 5.60 Å². The van der Waals surface area contributed by atoms with Crippen molar-refractivity contribution in [3.63, 3.8) is 0 Å². The highest BCUT2D eigenvalue weighted by Gasteiger charge is 2.48. The van der Waals surface area contributed by atoms with Gasteiger partial charge in [0.05, 0.1) is 5.60 Å². The molecule has 1 aromatic heterocycles. The third-order valence-corrected chi connectivity index (χ3v) is 4.01. The SMILES string of the molecule is Cc1cnc(NCC[C@@H]2CCOC23CNC3)nc1. The smallest absolute Gasteiger partial charge is 0.222 e. The van der Waals surface area contributed by atoms with Gasteiger partial charge in [-0.15, -0.1) is 0 Å². The molecule has 18 heavy (non-hydrogen) atoms. The highest BCUT2D eigenvalue weighted by molar-refractivity contribution is 5.24. The maximum absolute atomic E-state index is 5.89. The molecular weight excluding hydrogens is 228 g/mol.